The van der Waals surface area contributed by atoms with Crippen molar-refractivity contribution in [1.82, 2.24) is 19.7 Å². The summed E-state index contributed by atoms with van der Waals surface area (Å²) in [6.45, 7) is 2.29. The summed E-state index contributed by atoms with van der Waals surface area (Å²) in [7, 11) is 0. The number of hydrogen-bond acceptors (Lipinski definition) is 5. The maximum absolute atomic E-state index is 12.6. The zero-order valence-electron chi connectivity index (χ0n) is 14.5. The van der Waals surface area contributed by atoms with E-state index < -0.39 is 0 Å². The molecule has 2 aliphatic heterocycles. The smallest absolute Gasteiger partial charge is 0.321 e. The number of piperidine rings is 1. The van der Waals surface area contributed by atoms with Crippen LogP contribution in [0.4, 0.5) is 10.5 Å². The van der Waals surface area contributed by atoms with Gasteiger partial charge in [0.15, 0.2) is 0 Å². The highest BCUT2D eigenvalue weighted by atomic mass is 16.5. The van der Waals surface area contributed by atoms with E-state index >= 15 is 0 Å². The number of aliphatic hydroxyl groups excluding tert-OH is 1. The van der Waals surface area contributed by atoms with E-state index in [1.165, 1.54) is 6.33 Å². The van der Waals surface area contributed by atoms with Gasteiger partial charge in [0.25, 0.3) is 0 Å². The monoisotopic (exact) mass is 357 g/mol. The molecule has 4 rings (SSSR count). The first-order chi connectivity index (χ1) is 12.6. The Morgan fingerprint density at radius 1 is 1.38 bits per heavy atom. The summed E-state index contributed by atoms with van der Waals surface area (Å²) in [5, 5.41) is 16.8. The van der Waals surface area contributed by atoms with Crippen molar-refractivity contribution < 1.29 is 14.6 Å². The molecular weight excluding hydrogens is 334 g/mol. The molecule has 0 aliphatic carbocycles. The number of rotatable bonds is 3. The van der Waals surface area contributed by atoms with Crippen LogP contribution in [0.15, 0.2) is 36.9 Å². The highest BCUT2D eigenvalue weighted by Crippen LogP contribution is 2.35. The summed E-state index contributed by atoms with van der Waals surface area (Å²) in [6, 6.07) is 7.63. The number of nitrogens with zero attached hydrogens (tertiary/aromatic N) is 4. The summed E-state index contributed by atoms with van der Waals surface area (Å²) < 4.78 is 7.52. The second-order valence-corrected chi connectivity index (χ2v) is 7.06. The molecule has 8 heteroatoms. The van der Waals surface area contributed by atoms with Crippen LogP contribution in [0.1, 0.15) is 24.8 Å². The summed E-state index contributed by atoms with van der Waals surface area (Å²) >= 11 is 0. The molecule has 0 saturated carbocycles. The molecule has 0 radical (unpaired) electrons. The van der Waals surface area contributed by atoms with Gasteiger partial charge in [-0.15, -0.1) is 0 Å². The van der Waals surface area contributed by atoms with Gasteiger partial charge in [0.05, 0.1) is 24.9 Å². The van der Waals surface area contributed by atoms with E-state index in [1.54, 1.807) is 11.0 Å². The molecule has 1 aromatic heterocycles. The highest BCUT2D eigenvalue weighted by molar-refractivity contribution is 5.89. The van der Waals surface area contributed by atoms with Crippen LogP contribution < -0.4 is 5.32 Å². The minimum Gasteiger partial charge on any atom is -0.391 e. The average Bonchev–Trinajstić information content (AvgIpc) is 3.26. The lowest BCUT2D eigenvalue weighted by atomic mass is 9.88. The predicted molar refractivity (Wildman–Crippen MR) is 94.7 cm³/mol. The van der Waals surface area contributed by atoms with Crippen LogP contribution in [0.5, 0.6) is 0 Å². The number of ether oxygens (including phenoxy) is 1. The number of carbonyl (C=O) groups is 1. The Bertz CT molecular complexity index is 756. The Morgan fingerprint density at radius 2 is 2.23 bits per heavy atom. The van der Waals surface area contributed by atoms with Crippen molar-refractivity contribution in [2.75, 3.05) is 25.0 Å². The molecule has 2 saturated heterocycles. The number of nitrogens with one attached hydrogen (secondary N) is 1. The van der Waals surface area contributed by atoms with E-state index in [0.717, 1.165) is 24.1 Å². The zero-order chi connectivity index (χ0) is 18.0. The minimum atomic E-state index is -0.372. The normalized spacial score (nSPS) is 21.9. The lowest BCUT2D eigenvalue weighted by Crippen LogP contribution is -2.47. The van der Waals surface area contributed by atoms with Crippen molar-refractivity contribution in [2.45, 2.75) is 37.5 Å². The van der Waals surface area contributed by atoms with E-state index in [0.29, 0.717) is 32.7 Å². The molecule has 0 bridgehead atoms. The van der Waals surface area contributed by atoms with Crippen molar-refractivity contribution in [2.24, 2.45) is 0 Å². The van der Waals surface area contributed by atoms with E-state index in [-0.39, 0.29) is 17.7 Å². The van der Waals surface area contributed by atoms with Gasteiger partial charge in [-0.25, -0.2) is 14.5 Å². The molecule has 1 atom stereocenters. The topological polar surface area (TPSA) is 92.5 Å². The molecule has 2 amide bonds. The van der Waals surface area contributed by atoms with Gasteiger partial charge < -0.3 is 20.1 Å². The maximum Gasteiger partial charge on any atom is 0.321 e. The fourth-order valence-electron chi connectivity index (χ4n) is 3.74. The maximum atomic E-state index is 12.6. The standard InChI is InChI=1S/C18H23N5O3/c24-16-9-18(26-11-16)4-6-22(7-5-18)17(25)21-15-3-1-2-14(8-15)10-23-13-19-12-20-23/h1-3,8,12-13,16,24H,4-7,9-11H2,(H,21,25). The first kappa shape index (κ1) is 17.0. The Morgan fingerprint density at radius 3 is 2.92 bits per heavy atom. The third kappa shape index (κ3) is 3.71. The van der Waals surface area contributed by atoms with Crippen LogP contribution in [-0.2, 0) is 11.3 Å². The fourth-order valence-corrected chi connectivity index (χ4v) is 3.74. The minimum absolute atomic E-state index is 0.101. The van der Waals surface area contributed by atoms with Crippen molar-refractivity contribution in [3.63, 3.8) is 0 Å². The number of anilines is 1. The number of aliphatic hydroxyl groups is 1. The molecule has 2 N–H and O–H groups in total. The number of hydrogen-bond donors (Lipinski definition) is 2. The van der Waals surface area contributed by atoms with E-state index in [9.17, 15) is 9.90 Å². The molecule has 8 nitrogen and oxygen atoms in total. The lowest BCUT2D eigenvalue weighted by Gasteiger charge is -2.38. The van der Waals surface area contributed by atoms with Gasteiger partial charge in [-0.05, 0) is 30.5 Å². The van der Waals surface area contributed by atoms with Gasteiger partial charge >= 0.3 is 6.03 Å². The SMILES string of the molecule is O=C(Nc1cccc(Cn2cncn2)c1)N1CCC2(CC1)CC(O)CO2. The number of amides is 2. The van der Waals surface area contributed by atoms with Crippen LogP contribution in [-0.4, -0.2) is 62.2 Å². The molecule has 2 fully saturated rings. The Hall–Kier alpha value is -2.45. The molecule has 1 spiro atoms. The number of benzene rings is 1. The first-order valence-electron chi connectivity index (χ1n) is 8.91. The Labute approximate surface area is 151 Å². The highest BCUT2D eigenvalue weighted by Gasteiger charge is 2.42. The van der Waals surface area contributed by atoms with Crippen molar-refractivity contribution in [3.8, 4) is 0 Å². The molecule has 3 heterocycles. The second kappa shape index (κ2) is 7.05. The van der Waals surface area contributed by atoms with Crippen molar-refractivity contribution >= 4 is 11.7 Å². The number of carbonyl (C=O) groups excluding carboxylic acids is 1. The number of aromatic nitrogens is 3. The molecule has 2 aliphatic rings. The summed E-state index contributed by atoms with van der Waals surface area (Å²) in [5.74, 6) is 0. The van der Waals surface area contributed by atoms with Crippen LogP contribution in [0.3, 0.4) is 0 Å². The van der Waals surface area contributed by atoms with Gasteiger partial charge in [-0.1, -0.05) is 12.1 Å². The molecule has 2 aromatic rings. The fraction of sp³-hybridized carbons (Fsp3) is 0.500. The Balaban J connectivity index is 1.34. The van der Waals surface area contributed by atoms with Crippen molar-refractivity contribution in [1.29, 1.82) is 0 Å². The lowest BCUT2D eigenvalue weighted by molar-refractivity contribution is -0.0365. The molecule has 138 valence electrons. The van der Waals surface area contributed by atoms with Gasteiger partial charge in [0.1, 0.15) is 12.7 Å². The Kier molecular flexibility index (Phi) is 4.60. The summed E-state index contributed by atoms with van der Waals surface area (Å²) in [6.07, 6.45) is 5.00. The van der Waals surface area contributed by atoms with Crippen LogP contribution >= 0.6 is 0 Å². The van der Waals surface area contributed by atoms with Gasteiger partial charge in [-0.3, -0.25) is 0 Å². The quantitative estimate of drug-likeness (QED) is 0.868. The average molecular weight is 357 g/mol. The third-order valence-electron chi connectivity index (χ3n) is 5.14. The number of urea groups is 1. The van der Waals surface area contributed by atoms with Crippen LogP contribution in [0.2, 0.25) is 0 Å². The third-order valence-corrected chi connectivity index (χ3v) is 5.14. The number of likely N-dealkylation sites (tertiary alicyclic amines) is 1. The summed E-state index contributed by atoms with van der Waals surface area (Å²) in [4.78, 5) is 18.3. The van der Waals surface area contributed by atoms with E-state index in [4.69, 9.17) is 4.74 Å². The predicted octanol–water partition coefficient (Wildman–Crippen LogP) is 1.47. The van der Waals surface area contributed by atoms with Crippen LogP contribution in [0.25, 0.3) is 0 Å². The summed E-state index contributed by atoms with van der Waals surface area (Å²) in [5.41, 5.74) is 1.56. The van der Waals surface area contributed by atoms with Gasteiger partial charge in [0.2, 0.25) is 0 Å². The molecule has 26 heavy (non-hydrogen) atoms. The molecule has 1 unspecified atom stereocenters. The van der Waals surface area contributed by atoms with Gasteiger partial charge in [-0.2, -0.15) is 5.10 Å². The van der Waals surface area contributed by atoms with Crippen LogP contribution in [0, 0.1) is 0 Å². The first-order valence-corrected chi connectivity index (χ1v) is 8.91. The molecule has 1 aromatic carbocycles. The zero-order valence-corrected chi connectivity index (χ0v) is 14.5. The largest absolute Gasteiger partial charge is 0.391 e. The van der Waals surface area contributed by atoms with E-state index in [1.807, 2.05) is 29.2 Å². The molecular formula is C18H23N5O3. The van der Waals surface area contributed by atoms with Crippen molar-refractivity contribution in [3.05, 3.63) is 42.5 Å². The van der Waals surface area contributed by atoms with E-state index in [2.05, 4.69) is 15.4 Å². The second-order valence-electron chi connectivity index (χ2n) is 7.06. The van der Waals surface area contributed by atoms with Gasteiger partial charge in [0, 0.05) is 25.2 Å².